The summed E-state index contributed by atoms with van der Waals surface area (Å²) in [6.45, 7) is 12.7. The van der Waals surface area contributed by atoms with Gasteiger partial charge in [-0.15, -0.1) is 0 Å². The first-order valence-electron chi connectivity index (χ1n) is 7.53. The Hall–Kier alpha value is -0.330. The SMILES string of the molecule is CCCN=C1CC(C)(C)CC1(CCC)CCC. The summed E-state index contributed by atoms with van der Waals surface area (Å²) in [6.07, 6.45) is 9.03. The smallest absolute Gasteiger partial charge is 0.0386 e. The maximum absolute atomic E-state index is 4.94. The Kier molecular flexibility index (Phi) is 5.22. The minimum Gasteiger partial charge on any atom is -0.294 e. The molecule has 0 N–H and O–H groups in total. The van der Waals surface area contributed by atoms with Gasteiger partial charge in [0.05, 0.1) is 0 Å². The molecule has 0 aromatic rings. The van der Waals surface area contributed by atoms with Crippen LogP contribution in [0.1, 0.15) is 79.6 Å². The van der Waals surface area contributed by atoms with E-state index < -0.39 is 0 Å². The molecule has 0 aromatic carbocycles. The third-order valence-electron chi connectivity index (χ3n) is 4.06. The Labute approximate surface area is 108 Å². The second-order valence-corrected chi connectivity index (χ2v) is 6.63. The van der Waals surface area contributed by atoms with E-state index in [0.29, 0.717) is 10.8 Å². The van der Waals surface area contributed by atoms with Crippen LogP contribution in [0.25, 0.3) is 0 Å². The summed E-state index contributed by atoms with van der Waals surface area (Å²) in [7, 11) is 0. The molecule has 0 saturated heterocycles. The highest BCUT2D eigenvalue weighted by molar-refractivity contribution is 5.93. The Morgan fingerprint density at radius 2 is 1.59 bits per heavy atom. The van der Waals surface area contributed by atoms with Crippen LogP contribution in [0.3, 0.4) is 0 Å². The molecule has 0 radical (unpaired) electrons. The van der Waals surface area contributed by atoms with Crippen LogP contribution in [0.4, 0.5) is 0 Å². The van der Waals surface area contributed by atoms with Crippen LogP contribution in [0, 0.1) is 10.8 Å². The molecule has 1 saturated carbocycles. The predicted molar refractivity (Wildman–Crippen MR) is 77.9 cm³/mol. The highest BCUT2D eigenvalue weighted by Gasteiger charge is 2.46. The molecule has 0 bridgehead atoms. The van der Waals surface area contributed by atoms with Crippen LogP contribution in [-0.4, -0.2) is 12.3 Å². The van der Waals surface area contributed by atoms with Crippen molar-refractivity contribution in [3.63, 3.8) is 0 Å². The van der Waals surface area contributed by atoms with Crippen molar-refractivity contribution in [2.24, 2.45) is 15.8 Å². The Morgan fingerprint density at radius 3 is 2.06 bits per heavy atom. The van der Waals surface area contributed by atoms with Gasteiger partial charge < -0.3 is 0 Å². The summed E-state index contributed by atoms with van der Waals surface area (Å²) in [5.41, 5.74) is 2.46. The van der Waals surface area contributed by atoms with Gasteiger partial charge in [0.25, 0.3) is 0 Å². The lowest BCUT2D eigenvalue weighted by atomic mass is 9.74. The Bertz CT molecular complexity index is 257. The summed E-state index contributed by atoms with van der Waals surface area (Å²) in [5, 5.41) is 0. The Balaban J connectivity index is 2.96. The van der Waals surface area contributed by atoms with Gasteiger partial charge >= 0.3 is 0 Å². The summed E-state index contributed by atoms with van der Waals surface area (Å²) in [6, 6.07) is 0. The standard InChI is InChI=1S/C16H31N/c1-6-9-16(10-7-2)13-15(4,5)12-14(16)17-11-8-3/h6-13H2,1-5H3. The highest BCUT2D eigenvalue weighted by Crippen LogP contribution is 2.52. The van der Waals surface area contributed by atoms with Crippen molar-refractivity contribution >= 4 is 5.71 Å². The molecule has 0 spiro atoms. The number of aliphatic imine (C=N–C) groups is 1. The highest BCUT2D eigenvalue weighted by atomic mass is 14.8. The lowest BCUT2D eigenvalue weighted by molar-refractivity contribution is 0.252. The van der Waals surface area contributed by atoms with Crippen LogP contribution in [-0.2, 0) is 0 Å². The van der Waals surface area contributed by atoms with Gasteiger partial charge in [-0.3, -0.25) is 4.99 Å². The lowest BCUT2D eigenvalue weighted by Crippen LogP contribution is -2.26. The van der Waals surface area contributed by atoms with Crippen LogP contribution in [0.5, 0.6) is 0 Å². The molecule has 0 unspecified atom stereocenters. The van der Waals surface area contributed by atoms with Gasteiger partial charge in [-0.2, -0.15) is 0 Å². The van der Waals surface area contributed by atoms with E-state index in [2.05, 4.69) is 34.6 Å². The van der Waals surface area contributed by atoms with E-state index in [9.17, 15) is 0 Å². The summed E-state index contributed by atoms with van der Waals surface area (Å²) in [5.74, 6) is 0. The number of nitrogens with zero attached hydrogens (tertiary/aromatic N) is 1. The normalized spacial score (nSPS) is 24.4. The van der Waals surface area contributed by atoms with Gasteiger partial charge in [0, 0.05) is 17.7 Å². The minimum absolute atomic E-state index is 0.447. The van der Waals surface area contributed by atoms with Crippen molar-refractivity contribution < 1.29 is 0 Å². The van der Waals surface area contributed by atoms with E-state index in [4.69, 9.17) is 4.99 Å². The molecular formula is C16H31N. The predicted octanol–water partition coefficient (Wildman–Crippen LogP) is 5.24. The molecule has 1 fully saturated rings. The molecule has 100 valence electrons. The molecule has 1 heteroatoms. The van der Waals surface area contributed by atoms with Gasteiger partial charge in [-0.25, -0.2) is 0 Å². The molecule has 1 rings (SSSR count). The van der Waals surface area contributed by atoms with Gasteiger partial charge in [0.15, 0.2) is 0 Å². The van der Waals surface area contributed by atoms with Crippen molar-refractivity contribution in [1.82, 2.24) is 0 Å². The number of hydrogen-bond acceptors (Lipinski definition) is 1. The molecule has 1 aliphatic rings. The van der Waals surface area contributed by atoms with Gasteiger partial charge in [0.2, 0.25) is 0 Å². The second-order valence-electron chi connectivity index (χ2n) is 6.63. The third kappa shape index (κ3) is 3.56. The van der Waals surface area contributed by atoms with Crippen LogP contribution in [0.15, 0.2) is 4.99 Å². The molecule has 0 aromatic heterocycles. The molecular weight excluding hydrogens is 206 g/mol. The summed E-state index contributed by atoms with van der Waals surface area (Å²) in [4.78, 5) is 4.94. The van der Waals surface area contributed by atoms with Gasteiger partial charge in [0.1, 0.15) is 0 Å². The zero-order chi connectivity index (χ0) is 12.9. The molecule has 17 heavy (non-hydrogen) atoms. The largest absolute Gasteiger partial charge is 0.294 e. The fourth-order valence-electron chi connectivity index (χ4n) is 3.74. The van der Waals surface area contributed by atoms with E-state index >= 15 is 0 Å². The van der Waals surface area contributed by atoms with E-state index in [-0.39, 0.29) is 0 Å². The minimum atomic E-state index is 0.447. The van der Waals surface area contributed by atoms with Crippen molar-refractivity contribution in [2.45, 2.75) is 79.6 Å². The van der Waals surface area contributed by atoms with Crippen molar-refractivity contribution in [3.8, 4) is 0 Å². The Morgan fingerprint density at radius 1 is 1.00 bits per heavy atom. The van der Waals surface area contributed by atoms with Crippen molar-refractivity contribution in [3.05, 3.63) is 0 Å². The van der Waals surface area contributed by atoms with E-state index in [0.717, 1.165) is 6.54 Å². The fourth-order valence-corrected chi connectivity index (χ4v) is 3.74. The van der Waals surface area contributed by atoms with E-state index in [1.165, 1.54) is 44.9 Å². The monoisotopic (exact) mass is 237 g/mol. The van der Waals surface area contributed by atoms with Gasteiger partial charge in [-0.1, -0.05) is 47.5 Å². The summed E-state index contributed by atoms with van der Waals surface area (Å²) < 4.78 is 0. The number of hydrogen-bond donors (Lipinski definition) is 0. The molecule has 1 aliphatic carbocycles. The lowest BCUT2D eigenvalue weighted by Gasteiger charge is -2.31. The molecule has 1 nitrogen and oxygen atoms in total. The zero-order valence-electron chi connectivity index (χ0n) is 12.6. The molecule has 0 atom stereocenters. The van der Waals surface area contributed by atoms with Crippen molar-refractivity contribution in [2.75, 3.05) is 6.54 Å². The average Bonchev–Trinajstić information content (AvgIpc) is 2.48. The molecule has 0 amide bonds. The summed E-state index contributed by atoms with van der Waals surface area (Å²) >= 11 is 0. The van der Waals surface area contributed by atoms with Crippen LogP contribution in [0.2, 0.25) is 0 Å². The fraction of sp³-hybridized carbons (Fsp3) is 0.938. The van der Waals surface area contributed by atoms with Crippen LogP contribution < -0.4 is 0 Å². The first-order chi connectivity index (χ1) is 7.99. The first-order valence-corrected chi connectivity index (χ1v) is 7.53. The maximum atomic E-state index is 4.94. The molecule has 0 heterocycles. The maximum Gasteiger partial charge on any atom is 0.0386 e. The third-order valence-corrected chi connectivity index (χ3v) is 4.06. The number of rotatable bonds is 6. The topological polar surface area (TPSA) is 12.4 Å². The zero-order valence-corrected chi connectivity index (χ0v) is 12.6. The van der Waals surface area contributed by atoms with Crippen molar-refractivity contribution in [1.29, 1.82) is 0 Å². The molecule has 0 aliphatic heterocycles. The van der Waals surface area contributed by atoms with Crippen LogP contribution >= 0.6 is 0 Å². The van der Waals surface area contributed by atoms with Gasteiger partial charge in [-0.05, 0) is 37.5 Å². The van der Waals surface area contributed by atoms with E-state index in [1.807, 2.05) is 0 Å². The first kappa shape index (κ1) is 14.7. The quantitative estimate of drug-likeness (QED) is 0.598. The van der Waals surface area contributed by atoms with E-state index in [1.54, 1.807) is 5.71 Å². The second kappa shape index (κ2) is 6.02. The average molecular weight is 237 g/mol.